The second-order valence-corrected chi connectivity index (χ2v) is 2.15. The van der Waals surface area contributed by atoms with Crippen LogP contribution in [0.4, 0.5) is 0 Å². The normalized spacial score (nSPS) is 10.6. The lowest BCUT2D eigenvalue weighted by Gasteiger charge is -2.21. The fourth-order valence-corrected chi connectivity index (χ4v) is 0.481. The van der Waals surface area contributed by atoms with Gasteiger partial charge in [-0.3, -0.25) is 0 Å². The van der Waals surface area contributed by atoms with Gasteiger partial charge in [0, 0.05) is 0 Å². The fraction of sp³-hybridized carbons (Fsp3) is 0.500. The molecule has 0 saturated carbocycles. The molecule has 4 N–H and O–H groups in total. The predicted molar refractivity (Wildman–Crippen MR) is 38.9 cm³/mol. The van der Waals surface area contributed by atoms with E-state index >= 15 is 0 Å². The number of hydrogen-bond donors (Lipinski definition) is 4. The summed E-state index contributed by atoms with van der Waals surface area (Å²) >= 11 is 0. The van der Waals surface area contributed by atoms with E-state index in [-0.39, 0.29) is 0 Å². The van der Waals surface area contributed by atoms with Crippen LogP contribution in [0.25, 0.3) is 0 Å². The van der Waals surface area contributed by atoms with Crippen LogP contribution in [0.3, 0.4) is 0 Å². The lowest BCUT2D eigenvalue weighted by Crippen LogP contribution is -2.48. The Morgan fingerprint density at radius 1 is 1.00 bits per heavy atom. The Hall–Kier alpha value is -1.71. The molecule has 0 spiro atoms. The molecule has 0 amide bonds. The van der Waals surface area contributed by atoms with Crippen LogP contribution in [-0.4, -0.2) is 57.5 Å². The Morgan fingerprint density at radius 3 is 1.53 bits per heavy atom. The minimum Gasteiger partial charge on any atom is -0.473 e. The summed E-state index contributed by atoms with van der Waals surface area (Å²) in [5, 5.41) is 33.7. The van der Waals surface area contributed by atoms with Crippen molar-refractivity contribution in [2.24, 2.45) is 0 Å². The third-order valence-corrected chi connectivity index (χ3v) is 1.03. The third-order valence-electron chi connectivity index (χ3n) is 1.03. The maximum Gasteiger partial charge on any atom is 0.478 e. The van der Waals surface area contributed by atoms with E-state index in [1.807, 2.05) is 0 Å². The third kappa shape index (κ3) is 3.89. The van der Waals surface area contributed by atoms with Crippen molar-refractivity contribution < 1.29 is 44.3 Å². The Morgan fingerprint density at radius 2 is 1.33 bits per heavy atom. The number of aliphatic hydroxyl groups excluding tert-OH is 2. The number of hydrogen-bond acceptors (Lipinski definition) is 8. The quantitative estimate of drug-likeness (QED) is 0.279. The Balaban J connectivity index is 4.67. The van der Waals surface area contributed by atoms with E-state index in [0.29, 0.717) is 0 Å². The van der Waals surface area contributed by atoms with Crippen LogP contribution in [0.2, 0.25) is 0 Å². The van der Waals surface area contributed by atoms with Gasteiger partial charge in [-0.1, -0.05) is 0 Å². The molecule has 0 heterocycles. The first-order valence-electron chi connectivity index (χ1n) is 3.47. The van der Waals surface area contributed by atoms with Crippen LogP contribution in [0.1, 0.15) is 0 Å². The highest BCUT2D eigenvalue weighted by Gasteiger charge is 2.45. The molecule has 86 valence electrons. The number of carboxylic acid groups (broad SMARTS) is 1. The lowest BCUT2D eigenvalue weighted by atomic mass is 10.5. The molecule has 15 heavy (non-hydrogen) atoms. The van der Waals surface area contributed by atoms with Crippen molar-refractivity contribution in [1.82, 2.24) is 0 Å². The fourth-order valence-electron chi connectivity index (χ4n) is 0.481. The number of ether oxygens (including phenoxy) is 2. The summed E-state index contributed by atoms with van der Waals surface area (Å²) in [4.78, 5) is 31.3. The number of carboxylic acids is 1. The SMILES string of the molecule is O=C(CO)OC(O)(OC(=O)CO)C(=O)O. The van der Waals surface area contributed by atoms with E-state index in [1.165, 1.54) is 0 Å². The molecule has 0 aromatic carbocycles. The van der Waals surface area contributed by atoms with Gasteiger partial charge in [0.2, 0.25) is 0 Å². The molecule has 0 aliphatic rings. The summed E-state index contributed by atoms with van der Waals surface area (Å²) in [6, 6.07) is 0. The standard InChI is InChI=1S/C6H8O9/c7-1-3(9)14-6(13,5(11)12)15-4(10)2-8/h7-8,13H,1-2H2,(H,11,12). The van der Waals surface area contributed by atoms with E-state index in [2.05, 4.69) is 9.47 Å². The second-order valence-electron chi connectivity index (χ2n) is 2.15. The van der Waals surface area contributed by atoms with Crippen molar-refractivity contribution in [2.45, 2.75) is 5.97 Å². The van der Waals surface area contributed by atoms with E-state index in [1.54, 1.807) is 0 Å². The summed E-state index contributed by atoms with van der Waals surface area (Å²) in [5.74, 6) is -8.79. The zero-order valence-corrected chi connectivity index (χ0v) is 7.24. The molecule has 0 unspecified atom stereocenters. The van der Waals surface area contributed by atoms with Gasteiger partial charge < -0.3 is 29.9 Å². The summed E-state index contributed by atoms with van der Waals surface area (Å²) in [6.07, 6.45) is 0. The van der Waals surface area contributed by atoms with E-state index in [9.17, 15) is 14.4 Å². The first-order valence-corrected chi connectivity index (χ1v) is 3.47. The maximum atomic E-state index is 10.5. The highest BCUT2D eigenvalue weighted by Crippen LogP contribution is 2.10. The molecule has 0 atom stereocenters. The first-order chi connectivity index (χ1) is 6.85. The van der Waals surface area contributed by atoms with E-state index < -0.39 is 37.1 Å². The van der Waals surface area contributed by atoms with Gasteiger partial charge in [0.1, 0.15) is 13.2 Å². The average molecular weight is 224 g/mol. The van der Waals surface area contributed by atoms with Crippen LogP contribution in [0.5, 0.6) is 0 Å². The Kier molecular flexibility index (Phi) is 4.64. The van der Waals surface area contributed by atoms with Crippen LogP contribution in [-0.2, 0) is 23.9 Å². The molecule has 0 aromatic heterocycles. The minimum atomic E-state index is -3.56. The van der Waals surface area contributed by atoms with Crippen LogP contribution in [0, 0.1) is 0 Å². The molecule has 0 aliphatic carbocycles. The molecule has 0 fully saturated rings. The Labute approximate surface area is 82.5 Å². The van der Waals surface area contributed by atoms with Crippen LogP contribution < -0.4 is 0 Å². The maximum absolute atomic E-state index is 10.5. The lowest BCUT2D eigenvalue weighted by molar-refractivity contribution is -0.315. The van der Waals surface area contributed by atoms with Gasteiger partial charge in [-0.2, -0.15) is 0 Å². The molecule has 9 heteroatoms. The number of rotatable bonds is 5. The van der Waals surface area contributed by atoms with Gasteiger partial charge in [-0.15, -0.1) is 0 Å². The van der Waals surface area contributed by atoms with Gasteiger partial charge in [0.15, 0.2) is 0 Å². The van der Waals surface area contributed by atoms with Crippen molar-refractivity contribution >= 4 is 17.9 Å². The number of esters is 2. The number of aliphatic hydroxyl groups is 3. The minimum absolute atomic E-state index is 1.22. The van der Waals surface area contributed by atoms with Gasteiger partial charge in [-0.25, -0.2) is 14.4 Å². The first kappa shape index (κ1) is 13.3. The molecule has 0 saturated heterocycles. The number of carbonyl (C=O) groups excluding carboxylic acids is 2. The Bertz CT molecular complexity index is 252. The van der Waals surface area contributed by atoms with E-state index in [4.69, 9.17) is 20.4 Å². The van der Waals surface area contributed by atoms with Gasteiger partial charge >= 0.3 is 23.9 Å². The van der Waals surface area contributed by atoms with Crippen LogP contribution >= 0.6 is 0 Å². The monoisotopic (exact) mass is 224 g/mol. The average Bonchev–Trinajstić information content (AvgIpc) is 2.16. The highest BCUT2D eigenvalue weighted by molar-refractivity contribution is 5.82. The van der Waals surface area contributed by atoms with Crippen molar-refractivity contribution in [3.8, 4) is 0 Å². The smallest absolute Gasteiger partial charge is 0.473 e. The molecule has 0 aliphatic heterocycles. The van der Waals surface area contributed by atoms with Crippen molar-refractivity contribution in [2.75, 3.05) is 13.2 Å². The summed E-state index contributed by atoms with van der Waals surface area (Å²) in [7, 11) is 0. The van der Waals surface area contributed by atoms with Crippen LogP contribution in [0.15, 0.2) is 0 Å². The van der Waals surface area contributed by atoms with Gasteiger partial charge in [-0.05, 0) is 0 Å². The second kappa shape index (κ2) is 5.24. The molecular formula is C6H8O9. The largest absolute Gasteiger partial charge is 0.478 e. The van der Waals surface area contributed by atoms with Crippen molar-refractivity contribution in [3.63, 3.8) is 0 Å². The molecule has 0 bridgehead atoms. The summed E-state index contributed by atoms with van der Waals surface area (Å²) in [5.41, 5.74) is 0. The molecule has 0 rings (SSSR count). The zero-order valence-electron chi connectivity index (χ0n) is 7.24. The van der Waals surface area contributed by atoms with Gasteiger partial charge in [0.25, 0.3) is 0 Å². The molecule has 0 aromatic rings. The van der Waals surface area contributed by atoms with Crippen molar-refractivity contribution in [3.05, 3.63) is 0 Å². The topological polar surface area (TPSA) is 151 Å². The van der Waals surface area contributed by atoms with Crippen molar-refractivity contribution in [1.29, 1.82) is 0 Å². The highest BCUT2D eigenvalue weighted by atomic mass is 16.9. The molecule has 0 radical (unpaired) electrons. The molecular weight excluding hydrogens is 216 g/mol. The predicted octanol–water partition coefficient (Wildman–Crippen LogP) is -3.21. The van der Waals surface area contributed by atoms with Gasteiger partial charge in [0.05, 0.1) is 0 Å². The number of aliphatic carboxylic acids is 1. The molecule has 9 nitrogen and oxygen atoms in total. The van der Waals surface area contributed by atoms with E-state index in [0.717, 1.165) is 0 Å². The number of carbonyl (C=O) groups is 3. The summed E-state index contributed by atoms with van der Waals surface area (Å²) in [6.45, 7) is -2.43. The summed E-state index contributed by atoms with van der Waals surface area (Å²) < 4.78 is 7.47. The zero-order chi connectivity index (χ0) is 12.1.